The van der Waals surface area contributed by atoms with E-state index in [1.165, 1.54) is 25.3 Å². The Balaban J connectivity index is 1.33. The molecule has 156 valence electrons. The average molecular weight is 392 g/mol. The zero-order valence-electron chi connectivity index (χ0n) is 17.2. The number of methoxy groups -OCH3 is 1. The Morgan fingerprint density at radius 1 is 1.18 bits per heavy atom. The van der Waals surface area contributed by atoms with Gasteiger partial charge < -0.3 is 15.0 Å². The number of rotatable bonds is 7. The standard InChI is InChI=1S/C22H34FN3O2/c1-17(28-2)22(27)24-19-9-7-18(8-10-19)11-12-25-13-15-26(16-14-25)21-6-4-3-5-20(21)23/h3-6,17-19H,7-16H2,1-2H3,(H,24,27)/t17-,18-,19-/m1/s1. The highest BCUT2D eigenvalue weighted by molar-refractivity contribution is 5.80. The molecule has 1 saturated carbocycles. The molecule has 6 heteroatoms. The minimum atomic E-state index is -0.374. The van der Waals surface area contributed by atoms with E-state index in [4.69, 9.17) is 4.74 Å². The Bertz CT molecular complexity index is 626. The Labute approximate surface area is 168 Å². The zero-order chi connectivity index (χ0) is 19.9. The van der Waals surface area contributed by atoms with Gasteiger partial charge in [-0.25, -0.2) is 4.39 Å². The fourth-order valence-electron chi connectivity index (χ4n) is 4.31. The van der Waals surface area contributed by atoms with Crippen molar-refractivity contribution in [2.24, 2.45) is 5.92 Å². The molecule has 0 bridgehead atoms. The fourth-order valence-corrected chi connectivity index (χ4v) is 4.31. The quantitative estimate of drug-likeness (QED) is 0.776. The number of anilines is 1. The molecule has 1 N–H and O–H groups in total. The largest absolute Gasteiger partial charge is 0.372 e. The molecule has 0 spiro atoms. The smallest absolute Gasteiger partial charge is 0.249 e. The topological polar surface area (TPSA) is 44.8 Å². The minimum Gasteiger partial charge on any atom is -0.372 e. The molecule has 0 aromatic heterocycles. The van der Waals surface area contributed by atoms with Crippen LogP contribution < -0.4 is 10.2 Å². The second kappa shape index (κ2) is 10.2. The van der Waals surface area contributed by atoms with Gasteiger partial charge in [0.15, 0.2) is 0 Å². The van der Waals surface area contributed by atoms with Gasteiger partial charge in [0.2, 0.25) is 5.91 Å². The van der Waals surface area contributed by atoms with Gasteiger partial charge in [-0.15, -0.1) is 0 Å². The summed E-state index contributed by atoms with van der Waals surface area (Å²) in [5.41, 5.74) is 0.727. The maximum absolute atomic E-state index is 13.9. The summed E-state index contributed by atoms with van der Waals surface area (Å²) in [5, 5.41) is 3.11. The molecular weight excluding hydrogens is 357 g/mol. The molecule has 1 aliphatic carbocycles. The Kier molecular flexibility index (Phi) is 7.68. The molecule has 1 aromatic carbocycles. The number of carbonyl (C=O) groups is 1. The Morgan fingerprint density at radius 3 is 2.50 bits per heavy atom. The monoisotopic (exact) mass is 391 g/mol. The van der Waals surface area contributed by atoms with E-state index >= 15 is 0 Å². The number of nitrogens with zero attached hydrogens (tertiary/aromatic N) is 2. The van der Waals surface area contributed by atoms with Crippen molar-refractivity contribution in [2.45, 2.75) is 51.2 Å². The van der Waals surface area contributed by atoms with Gasteiger partial charge in [-0.05, 0) is 63.6 Å². The van der Waals surface area contributed by atoms with Crippen LogP contribution in [0.15, 0.2) is 24.3 Å². The number of halogens is 1. The van der Waals surface area contributed by atoms with E-state index in [9.17, 15) is 9.18 Å². The normalized spacial score (nSPS) is 24.8. The van der Waals surface area contributed by atoms with E-state index < -0.39 is 0 Å². The summed E-state index contributed by atoms with van der Waals surface area (Å²) in [6, 6.07) is 7.35. The van der Waals surface area contributed by atoms with Gasteiger partial charge in [-0.1, -0.05) is 12.1 Å². The van der Waals surface area contributed by atoms with Gasteiger partial charge >= 0.3 is 0 Å². The molecule has 1 atom stereocenters. The maximum atomic E-state index is 13.9. The van der Waals surface area contributed by atoms with Crippen LogP contribution in [0.25, 0.3) is 0 Å². The number of hydrogen-bond donors (Lipinski definition) is 1. The molecular formula is C22H34FN3O2. The van der Waals surface area contributed by atoms with Crippen LogP contribution in [0.2, 0.25) is 0 Å². The van der Waals surface area contributed by atoms with Gasteiger partial charge in [-0.2, -0.15) is 0 Å². The van der Waals surface area contributed by atoms with Crippen molar-refractivity contribution in [2.75, 3.05) is 44.7 Å². The van der Waals surface area contributed by atoms with Crippen molar-refractivity contribution in [3.63, 3.8) is 0 Å². The first-order valence-electron chi connectivity index (χ1n) is 10.6. The number of piperazine rings is 1. The molecule has 5 nitrogen and oxygen atoms in total. The van der Waals surface area contributed by atoms with Crippen LogP contribution >= 0.6 is 0 Å². The number of para-hydroxylation sites is 1. The Morgan fingerprint density at radius 2 is 1.86 bits per heavy atom. The highest BCUT2D eigenvalue weighted by atomic mass is 19.1. The molecule has 0 radical (unpaired) electrons. The highest BCUT2D eigenvalue weighted by Crippen LogP contribution is 2.27. The van der Waals surface area contributed by atoms with Crippen molar-refractivity contribution < 1.29 is 13.9 Å². The second-order valence-electron chi connectivity index (χ2n) is 8.17. The summed E-state index contributed by atoms with van der Waals surface area (Å²) >= 11 is 0. The van der Waals surface area contributed by atoms with Crippen molar-refractivity contribution in [1.29, 1.82) is 0 Å². The van der Waals surface area contributed by atoms with E-state index in [1.54, 1.807) is 20.1 Å². The summed E-state index contributed by atoms with van der Waals surface area (Å²) < 4.78 is 19.0. The number of carbonyl (C=O) groups excluding carboxylic acids is 1. The van der Waals surface area contributed by atoms with E-state index in [-0.39, 0.29) is 17.8 Å². The van der Waals surface area contributed by atoms with Gasteiger partial charge in [0, 0.05) is 39.3 Å². The summed E-state index contributed by atoms with van der Waals surface area (Å²) in [6.07, 6.45) is 5.33. The van der Waals surface area contributed by atoms with Crippen LogP contribution in [-0.4, -0.2) is 62.8 Å². The van der Waals surface area contributed by atoms with Crippen LogP contribution in [0.4, 0.5) is 10.1 Å². The van der Waals surface area contributed by atoms with E-state index in [0.29, 0.717) is 6.04 Å². The van der Waals surface area contributed by atoms with Crippen LogP contribution in [0.1, 0.15) is 39.0 Å². The lowest BCUT2D eigenvalue weighted by molar-refractivity contribution is -0.131. The molecule has 1 heterocycles. The molecule has 0 unspecified atom stereocenters. The third kappa shape index (κ3) is 5.67. The summed E-state index contributed by atoms with van der Waals surface area (Å²) in [6.45, 7) is 6.67. The number of amides is 1. The first kappa shape index (κ1) is 21.1. The third-order valence-electron chi connectivity index (χ3n) is 6.33. The van der Waals surface area contributed by atoms with Crippen LogP contribution in [-0.2, 0) is 9.53 Å². The molecule has 1 aliphatic heterocycles. The highest BCUT2D eigenvalue weighted by Gasteiger charge is 2.25. The first-order chi connectivity index (χ1) is 13.6. The van der Waals surface area contributed by atoms with Gasteiger partial charge in [-0.3, -0.25) is 9.69 Å². The second-order valence-corrected chi connectivity index (χ2v) is 8.17. The van der Waals surface area contributed by atoms with Crippen molar-refractivity contribution in [3.8, 4) is 0 Å². The molecule has 28 heavy (non-hydrogen) atoms. The van der Waals surface area contributed by atoms with Gasteiger partial charge in [0.05, 0.1) is 5.69 Å². The lowest BCUT2D eigenvalue weighted by Crippen LogP contribution is -2.47. The van der Waals surface area contributed by atoms with Crippen molar-refractivity contribution in [1.82, 2.24) is 10.2 Å². The molecule has 1 saturated heterocycles. The molecule has 1 amide bonds. The SMILES string of the molecule is CO[C@H](C)C(=O)N[C@H]1CC[C@H](CCN2CCN(c3ccccc3F)CC2)CC1. The molecule has 2 fully saturated rings. The number of nitrogens with one attached hydrogen (secondary N) is 1. The van der Waals surface area contributed by atoms with E-state index in [2.05, 4.69) is 15.1 Å². The molecule has 2 aliphatic rings. The predicted molar refractivity (Wildman–Crippen MR) is 110 cm³/mol. The number of benzene rings is 1. The lowest BCUT2D eigenvalue weighted by atomic mass is 9.84. The van der Waals surface area contributed by atoms with Crippen molar-refractivity contribution >= 4 is 11.6 Å². The van der Waals surface area contributed by atoms with Gasteiger partial charge in [0.25, 0.3) is 0 Å². The molecule has 3 rings (SSSR count). The minimum absolute atomic E-state index is 0.00123. The third-order valence-corrected chi connectivity index (χ3v) is 6.33. The maximum Gasteiger partial charge on any atom is 0.249 e. The van der Waals surface area contributed by atoms with Crippen molar-refractivity contribution in [3.05, 3.63) is 30.1 Å². The fraction of sp³-hybridized carbons (Fsp3) is 0.682. The van der Waals surface area contributed by atoms with E-state index in [1.807, 2.05) is 12.1 Å². The van der Waals surface area contributed by atoms with E-state index in [0.717, 1.165) is 57.2 Å². The molecule has 1 aromatic rings. The van der Waals surface area contributed by atoms with Crippen LogP contribution in [0.3, 0.4) is 0 Å². The van der Waals surface area contributed by atoms with Crippen LogP contribution in [0, 0.1) is 11.7 Å². The summed E-state index contributed by atoms with van der Waals surface area (Å²) in [7, 11) is 1.57. The first-order valence-corrected chi connectivity index (χ1v) is 10.6. The lowest BCUT2D eigenvalue weighted by Gasteiger charge is -2.37. The zero-order valence-corrected chi connectivity index (χ0v) is 17.2. The van der Waals surface area contributed by atoms with Crippen LogP contribution in [0.5, 0.6) is 0 Å². The predicted octanol–water partition coefficient (Wildman–Crippen LogP) is 3.05. The van der Waals surface area contributed by atoms with Gasteiger partial charge in [0.1, 0.15) is 11.9 Å². The summed E-state index contributed by atoms with van der Waals surface area (Å²) in [5.74, 6) is 0.621. The number of ether oxygens (including phenoxy) is 1. The number of hydrogen-bond acceptors (Lipinski definition) is 4. The average Bonchev–Trinajstić information content (AvgIpc) is 2.73. The Hall–Kier alpha value is -1.66. The summed E-state index contributed by atoms with van der Waals surface area (Å²) in [4.78, 5) is 16.6.